The molecule has 4 nitrogen and oxygen atoms in total. The van der Waals surface area contributed by atoms with Crippen LogP contribution in [0.5, 0.6) is 5.75 Å². The third-order valence-electron chi connectivity index (χ3n) is 3.40. The Balaban J connectivity index is 1.71. The highest BCUT2D eigenvalue weighted by atomic mass is 16.5. The minimum Gasteiger partial charge on any atom is -0.484 e. The van der Waals surface area contributed by atoms with Gasteiger partial charge in [-0.15, -0.1) is 0 Å². The topological polar surface area (TPSA) is 50.4 Å². The number of ether oxygens (including phenoxy) is 1. The van der Waals surface area contributed by atoms with Gasteiger partial charge < -0.3 is 10.2 Å². The van der Waals surface area contributed by atoms with Crippen molar-refractivity contribution >= 4 is 5.91 Å². The van der Waals surface area contributed by atoms with E-state index >= 15 is 0 Å². The second-order valence-electron chi connectivity index (χ2n) is 5.39. The van der Waals surface area contributed by atoms with E-state index in [2.05, 4.69) is 23.9 Å². The molecule has 0 saturated carbocycles. The Morgan fingerprint density at radius 3 is 3.00 bits per heavy atom. The highest BCUT2D eigenvalue weighted by Crippen LogP contribution is 2.20. The number of hydrazine groups is 1. The lowest BCUT2D eigenvalue weighted by atomic mass is 9.95. The van der Waals surface area contributed by atoms with Crippen LogP contribution in [0, 0.1) is 12.8 Å². The zero-order valence-electron chi connectivity index (χ0n) is 12.1. The zero-order valence-corrected chi connectivity index (χ0v) is 12.1. The number of benzene rings is 1. The average molecular weight is 274 g/mol. The normalized spacial score (nSPS) is 18.1. The van der Waals surface area contributed by atoms with Crippen molar-refractivity contribution < 1.29 is 9.53 Å². The number of hydrogen-bond donors (Lipinski definition) is 2. The van der Waals surface area contributed by atoms with E-state index in [1.54, 1.807) is 0 Å². The maximum absolute atomic E-state index is 11.7. The quantitative estimate of drug-likeness (QED) is 0.812. The monoisotopic (exact) mass is 274 g/mol. The molecule has 2 N–H and O–H groups in total. The third-order valence-corrected chi connectivity index (χ3v) is 3.40. The molecule has 0 fully saturated rings. The van der Waals surface area contributed by atoms with Gasteiger partial charge in [0, 0.05) is 5.70 Å². The second kappa shape index (κ2) is 6.98. The second-order valence-corrected chi connectivity index (χ2v) is 5.39. The smallest absolute Gasteiger partial charge is 0.276 e. The average Bonchev–Trinajstić information content (AvgIpc) is 2.45. The highest BCUT2D eigenvalue weighted by Gasteiger charge is 2.10. The standard InChI is InChI=1S/C16H22N2O2/c1-12-6-8-14(9-7-12)17-18-16(19)11-20-15-5-3-4-13(2)10-15/h3-5,8,10,12,17H,6-7,9,11H2,1-2H3,(H,18,19)/t12-/m1/s1. The van der Waals surface area contributed by atoms with E-state index in [0.717, 1.165) is 36.4 Å². The Bertz CT molecular complexity index is 497. The molecule has 1 aliphatic rings. The largest absolute Gasteiger partial charge is 0.484 e. The molecule has 0 bridgehead atoms. The Morgan fingerprint density at radius 1 is 1.45 bits per heavy atom. The molecule has 0 radical (unpaired) electrons. The lowest BCUT2D eigenvalue weighted by molar-refractivity contribution is -0.123. The summed E-state index contributed by atoms with van der Waals surface area (Å²) in [6.45, 7) is 4.24. The van der Waals surface area contributed by atoms with E-state index in [-0.39, 0.29) is 12.5 Å². The molecule has 0 aromatic heterocycles. The molecule has 1 aromatic rings. The van der Waals surface area contributed by atoms with Gasteiger partial charge in [-0.2, -0.15) is 0 Å². The molecule has 0 unspecified atom stereocenters. The number of allylic oxidation sites excluding steroid dienone is 2. The fourth-order valence-electron chi connectivity index (χ4n) is 2.12. The van der Waals surface area contributed by atoms with Gasteiger partial charge in [-0.05, 0) is 49.8 Å². The van der Waals surface area contributed by atoms with E-state index < -0.39 is 0 Å². The van der Waals surface area contributed by atoms with Crippen LogP contribution in [0.25, 0.3) is 0 Å². The molecular weight excluding hydrogens is 252 g/mol. The van der Waals surface area contributed by atoms with E-state index in [9.17, 15) is 4.79 Å². The first-order chi connectivity index (χ1) is 9.63. The number of carbonyl (C=O) groups excluding carboxylic acids is 1. The summed E-state index contributed by atoms with van der Waals surface area (Å²) < 4.78 is 5.43. The summed E-state index contributed by atoms with van der Waals surface area (Å²) in [4.78, 5) is 11.7. The molecule has 1 atom stereocenters. The molecule has 1 amide bonds. The zero-order chi connectivity index (χ0) is 14.4. The van der Waals surface area contributed by atoms with Crippen LogP contribution >= 0.6 is 0 Å². The van der Waals surface area contributed by atoms with Gasteiger partial charge in [0.25, 0.3) is 5.91 Å². The Kier molecular flexibility index (Phi) is 5.04. The molecule has 4 heteroatoms. The van der Waals surface area contributed by atoms with E-state index in [0.29, 0.717) is 5.75 Å². The fourth-order valence-corrected chi connectivity index (χ4v) is 2.12. The van der Waals surface area contributed by atoms with E-state index in [1.165, 1.54) is 0 Å². The number of amides is 1. The molecular formula is C16H22N2O2. The van der Waals surface area contributed by atoms with Crippen molar-refractivity contribution in [2.24, 2.45) is 5.92 Å². The Labute approximate surface area is 120 Å². The number of hydrogen-bond acceptors (Lipinski definition) is 3. The maximum atomic E-state index is 11.7. The lowest BCUT2D eigenvalue weighted by Crippen LogP contribution is -2.40. The Hall–Kier alpha value is -1.97. The van der Waals surface area contributed by atoms with Gasteiger partial charge in [-0.3, -0.25) is 10.2 Å². The van der Waals surface area contributed by atoms with Crippen LogP contribution in [-0.2, 0) is 4.79 Å². The summed E-state index contributed by atoms with van der Waals surface area (Å²) in [5.41, 5.74) is 7.84. The van der Waals surface area contributed by atoms with Gasteiger partial charge >= 0.3 is 0 Å². The maximum Gasteiger partial charge on any atom is 0.276 e. The minimum absolute atomic E-state index is 0.0140. The molecule has 0 spiro atoms. The molecule has 1 aliphatic carbocycles. The van der Waals surface area contributed by atoms with Gasteiger partial charge in [0.05, 0.1) is 0 Å². The molecule has 0 aliphatic heterocycles. The van der Waals surface area contributed by atoms with Crippen LogP contribution in [0.4, 0.5) is 0 Å². The summed E-state index contributed by atoms with van der Waals surface area (Å²) in [7, 11) is 0. The third kappa shape index (κ3) is 4.61. The summed E-state index contributed by atoms with van der Waals surface area (Å²) >= 11 is 0. The SMILES string of the molecule is Cc1cccc(OCC(=O)NNC2=CC[C@@H](C)CC2)c1. The minimum atomic E-state index is -0.175. The van der Waals surface area contributed by atoms with Crippen molar-refractivity contribution in [2.45, 2.75) is 33.1 Å². The molecule has 2 rings (SSSR count). The molecule has 0 heterocycles. The number of aryl methyl sites for hydroxylation is 1. The Morgan fingerprint density at radius 2 is 2.30 bits per heavy atom. The summed E-state index contributed by atoms with van der Waals surface area (Å²) in [5, 5.41) is 0. The van der Waals surface area contributed by atoms with Crippen molar-refractivity contribution in [2.75, 3.05) is 6.61 Å². The lowest BCUT2D eigenvalue weighted by Gasteiger charge is -2.19. The molecule has 20 heavy (non-hydrogen) atoms. The predicted octanol–water partition coefficient (Wildman–Crippen LogP) is 2.70. The van der Waals surface area contributed by atoms with Crippen molar-refractivity contribution in [3.63, 3.8) is 0 Å². The van der Waals surface area contributed by atoms with Crippen LogP contribution in [0.1, 0.15) is 31.7 Å². The van der Waals surface area contributed by atoms with Crippen LogP contribution in [0.2, 0.25) is 0 Å². The van der Waals surface area contributed by atoms with E-state index in [1.807, 2.05) is 31.2 Å². The van der Waals surface area contributed by atoms with E-state index in [4.69, 9.17) is 4.74 Å². The van der Waals surface area contributed by atoms with Crippen LogP contribution in [0.15, 0.2) is 36.0 Å². The van der Waals surface area contributed by atoms with Gasteiger partial charge in [0.1, 0.15) is 5.75 Å². The first-order valence-electron chi connectivity index (χ1n) is 7.07. The first-order valence-corrected chi connectivity index (χ1v) is 7.07. The van der Waals surface area contributed by atoms with Gasteiger partial charge in [-0.1, -0.05) is 25.1 Å². The van der Waals surface area contributed by atoms with Crippen molar-refractivity contribution in [3.8, 4) is 5.75 Å². The van der Waals surface area contributed by atoms with Gasteiger partial charge in [0.2, 0.25) is 0 Å². The van der Waals surface area contributed by atoms with Gasteiger partial charge in [0.15, 0.2) is 6.61 Å². The predicted molar refractivity (Wildman–Crippen MR) is 79.1 cm³/mol. The van der Waals surface area contributed by atoms with Gasteiger partial charge in [-0.25, -0.2) is 0 Å². The first kappa shape index (κ1) is 14.4. The molecule has 108 valence electrons. The number of nitrogens with one attached hydrogen (secondary N) is 2. The highest BCUT2D eigenvalue weighted by molar-refractivity contribution is 5.77. The van der Waals surface area contributed by atoms with Crippen LogP contribution in [0.3, 0.4) is 0 Å². The van der Waals surface area contributed by atoms with Crippen molar-refractivity contribution in [1.29, 1.82) is 0 Å². The fraction of sp³-hybridized carbons (Fsp3) is 0.438. The number of carbonyl (C=O) groups is 1. The molecule has 0 saturated heterocycles. The summed E-state index contributed by atoms with van der Waals surface area (Å²) in [6, 6.07) is 7.66. The van der Waals surface area contributed by atoms with Crippen molar-refractivity contribution in [3.05, 3.63) is 41.6 Å². The summed E-state index contributed by atoms with van der Waals surface area (Å²) in [5.74, 6) is 1.28. The van der Waals surface area contributed by atoms with Crippen LogP contribution in [-0.4, -0.2) is 12.5 Å². The number of rotatable bonds is 5. The van der Waals surface area contributed by atoms with Crippen molar-refractivity contribution in [1.82, 2.24) is 10.9 Å². The molecule has 1 aromatic carbocycles. The summed E-state index contributed by atoms with van der Waals surface area (Å²) in [6.07, 6.45) is 5.36. The van der Waals surface area contributed by atoms with Crippen LogP contribution < -0.4 is 15.6 Å².